The van der Waals surface area contributed by atoms with Gasteiger partial charge >= 0.3 is 0 Å². The zero-order valence-corrected chi connectivity index (χ0v) is 11.4. The molecule has 2 atom stereocenters. The number of fused-ring (bicyclic) bond motifs is 1. The van der Waals surface area contributed by atoms with Crippen LogP contribution in [0.5, 0.6) is 0 Å². The van der Waals surface area contributed by atoms with Crippen LogP contribution in [-0.4, -0.2) is 21.7 Å². The number of pyridine rings is 1. The minimum Gasteiger partial charge on any atom is -0.308 e. The van der Waals surface area contributed by atoms with Gasteiger partial charge in [0.25, 0.3) is 0 Å². The number of anilines is 1. The Morgan fingerprint density at radius 3 is 2.45 bits per heavy atom. The van der Waals surface area contributed by atoms with Crippen LogP contribution in [0, 0.1) is 17.8 Å². The van der Waals surface area contributed by atoms with Crippen molar-refractivity contribution in [3.8, 4) is 0 Å². The Morgan fingerprint density at radius 2 is 1.95 bits per heavy atom. The summed E-state index contributed by atoms with van der Waals surface area (Å²) in [5, 5.41) is 0. The molecule has 2 aliphatic rings. The number of imide groups is 1. The predicted molar refractivity (Wildman–Crippen MR) is 73.0 cm³/mol. The average Bonchev–Trinajstić information content (AvgIpc) is 2.93. The maximum absolute atomic E-state index is 12.3. The maximum Gasteiger partial charge on any atom is 0.233 e. The molecule has 2 fully saturated rings. The predicted octanol–water partition coefficient (Wildman–Crippen LogP) is 0.898. The fraction of sp³-hybridized carbons (Fsp3) is 0.500. The normalized spacial score (nSPS) is 28.9. The fourth-order valence-electron chi connectivity index (χ4n) is 3.29. The van der Waals surface area contributed by atoms with Gasteiger partial charge in [0.2, 0.25) is 11.8 Å². The first-order chi connectivity index (χ1) is 9.60. The summed E-state index contributed by atoms with van der Waals surface area (Å²) < 4.78 is 0. The number of carbonyl (C=O) groups excluding carboxylic acids is 2. The summed E-state index contributed by atoms with van der Waals surface area (Å²) in [5.74, 6) is 6.03. The van der Waals surface area contributed by atoms with Gasteiger partial charge in [-0.15, -0.1) is 0 Å². The number of hydrazine groups is 1. The van der Waals surface area contributed by atoms with Crippen molar-refractivity contribution >= 4 is 17.6 Å². The molecule has 3 N–H and O–H groups in total. The molecule has 6 nitrogen and oxygen atoms in total. The molecule has 6 heteroatoms. The Kier molecular flexibility index (Phi) is 3.17. The number of nitrogens with zero attached hydrogens (tertiary/aromatic N) is 2. The van der Waals surface area contributed by atoms with Crippen LogP contribution in [0.1, 0.15) is 25.3 Å². The third kappa shape index (κ3) is 2.06. The van der Waals surface area contributed by atoms with Gasteiger partial charge in [0.15, 0.2) is 0 Å². The van der Waals surface area contributed by atoms with Crippen molar-refractivity contribution in [3.05, 3.63) is 23.9 Å². The minimum absolute atomic E-state index is 0.0228. The van der Waals surface area contributed by atoms with Crippen LogP contribution >= 0.6 is 0 Å². The molecule has 0 bridgehead atoms. The smallest absolute Gasteiger partial charge is 0.233 e. The van der Waals surface area contributed by atoms with Crippen molar-refractivity contribution in [1.29, 1.82) is 0 Å². The highest BCUT2D eigenvalue weighted by atomic mass is 16.2. The largest absolute Gasteiger partial charge is 0.308 e. The van der Waals surface area contributed by atoms with E-state index in [2.05, 4.69) is 17.3 Å². The second-order valence-electron chi connectivity index (χ2n) is 5.75. The van der Waals surface area contributed by atoms with Crippen LogP contribution < -0.4 is 11.3 Å². The first kappa shape index (κ1) is 13.1. The lowest BCUT2D eigenvalue weighted by Crippen LogP contribution is -2.31. The number of aromatic nitrogens is 1. The molecule has 20 heavy (non-hydrogen) atoms. The maximum atomic E-state index is 12.3. The Hall–Kier alpha value is -1.95. The monoisotopic (exact) mass is 274 g/mol. The van der Waals surface area contributed by atoms with Crippen molar-refractivity contribution in [2.75, 3.05) is 5.43 Å². The van der Waals surface area contributed by atoms with E-state index in [-0.39, 0.29) is 23.7 Å². The standard InChI is InChI=1S/C14H18N4O2/c1-8-4-10-11(5-8)14(20)18(13(10)19)7-9-2-3-12(17-15)16-6-9/h2-3,6,8,10-11H,4-5,7,15H2,1H3,(H,16,17). The van der Waals surface area contributed by atoms with E-state index in [0.29, 0.717) is 18.3 Å². The Labute approximate surface area is 117 Å². The molecule has 0 spiro atoms. The van der Waals surface area contributed by atoms with Gasteiger partial charge in [-0.2, -0.15) is 0 Å². The number of nitrogens with one attached hydrogen (secondary N) is 1. The van der Waals surface area contributed by atoms with Crippen molar-refractivity contribution in [2.24, 2.45) is 23.6 Å². The number of rotatable bonds is 3. The summed E-state index contributed by atoms with van der Waals surface area (Å²) in [6.45, 7) is 2.41. The van der Waals surface area contributed by atoms with Gasteiger partial charge in [-0.1, -0.05) is 13.0 Å². The molecule has 1 saturated heterocycles. The van der Waals surface area contributed by atoms with Gasteiger partial charge < -0.3 is 5.43 Å². The third-order valence-electron chi connectivity index (χ3n) is 4.28. The van der Waals surface area contributed by atoms with Crippen molar-refractivity contribution in [2.45, 2.75) is 26.3 Å². The van der Waals surface area contributed by atoms with Gasteiger partial charge in [-0.3, -0.25) is 14.5 Å². The topological polar surface area (TPSA) is 88.3 Å². The number of carbonyl (C=O) groups is 2. The molecule has 2 heterocycles. The summed E-state index contributed by atoms with van der Waals surface area (Å²) in [7, 11) is 0. The summed E-state index contributed by atoms with van der Waals surface area (Å²) in [4.78, 5) is 30.1. The Bertz CT molecular complexity index is 519. The molecule has 1 aliphatic heterocycles. The Balaban J connectivity index is 1.75. The quantitative estimate of drug-likeness (QED) is 0.485. The van der Waals surface area contributed by atoms with Crippen LogP contribution in [0.3, 0.4) is 0 Å². The highest BCUT2D eigenvalue weighted by Gasteiger charge is 2.51. The van der Waals surface area contributed by atoms with Crippen molar-refractivity contribution in [3.63, 3.8) is 0 Å². The molecule has 1 saturated carbocycles. The molecule has 0 aromatic carbocycles. The Morgan fingerprint density at radius 1 is 1.30 bits per heavy atom. The van der Waals surface area contributed by atoms with E-state index < -0.39 is 0 Å². The first-order valence-corrected chi connectivity index (χ1v) is 6.87. The average molecular weight is 274 g/mol. The van der Waals surface area contributed by atoms with Crippen LogP contribution in [0.4, 0.5) is 5.82 Å². The SMILES string of the molecule is CC1CC2C(=O)N(Cc3ccc(NN)nc3)C(=O)C2C1. The van der Waals surface area contributed by atoms with Crippen LogP contribution in [-0.2, 0) is 16.1 Å². The van der Waals surface area contributed by atoms with Gasteiger partial charge in [-0.05, 0) is 30.4 Å². The summed E-state index contributed by atoms with van der Waals surface area (Å²) in [6.07, 6.45) is 3.30. The van der Waals surface area contributed by atoms with Crippen LogP contribution in [0.2, 0.25) is 0 Å². The molecule has 2 amide bonds. The van der Waals surface area contributed by atoms with Crippen LogP contribution in [0.25, 0.3) is 0 Å². The molecule has 0 radical (unpaired) electrons. The van der Waals surface area contributed by atoms with E-state index in [4.69, 9.17) is 5.84 Å². The van der Waals surface area contributed by atoms with E-state index in [0.717, 1.165) is 18.4 Å². The lowest BCUT2D eigenvalue weighted by Gasteiger charge is -2.16. The number of hydrogen-bond acceptors (Lipinski definition) is 5. The third-order valence-corrected chi connectivity index (χ3v) is 4.28. The lowest BCUT2D eigenvalue weighted by molar-refractivity contribution is -0.141. The number of amides is 2. The number of nitrogen functional groups attached to an aromatic ring is 1. The van der Waals surface area contributed by atoms with E-state index in [9.17, 15) is 9.59 Å². The summed E-state index contributed by atoms with van der Waals surface area (Å²) >= 11 is 0. The van der Waals surface area contributed by atoms with Crippen LogP contribution in [0.15, 0.2) is 18.3 Å². The fourth-order valence-corrected chi connectivity index (χ4v) is 3.29. The van der Waals surface area contributed by atoms with E-state index >= 15 is 0 Å². The van der Waals surface area contributed by atoms with Gasteiger partial charge in [0.1, 0.15) is 5.82 Å². The summed E-state index contributed by atoms with van der Waals surface area (Å²) in [6, 6.07) is 3.54. The first-order valence-electron chi connectivity index (χ1n) is 6.87. The van der Waals surface area contributed by atoms with E-state index in [1.54, 1.807) is 12.3 Å². The van der Waals surface area contributed by atoms with E-state index in [1.807, 2.05) is 6.07 Å². The molecule has 1 aliphatic carbocycles. The molecule has 106 valence electrons. The zero-order chi connectivity index (χ0) is 14.3. The molecule has 3 rings (SSSR count). The molecule has 2 unspecified atom stereocenters. The van der Waals surface area contributed by atoms with Crippen molar-refractivity contribution < 1.29 is 9.59 Å². The second-order valence-corrected chi connectivity index (χ2v) is 5.75. The lowest BCUT2D eigenvalue weighted by atomic mass is 10.00. The van der Waals surface area contributed by atoms with Gasteiger partial charge in [0.05, 0.1) is 18.4 Å². The van der Waals surface area contributed by atoms with Gasteiger partial charge in [0, 0.05) is 6.20 Å². The minimum atomic E-state index is -0.101. The van der Waals surface area contributed by atoms with Crippen molar-refractivity contribution in [1.82, 2.24) is 9.88 Å². The van der Waals surface area contributed by atoms with Gasteiger partial charge in [-0.25, -0.2) is 10.8 Å². The number of hydrogen-bond donors (Lipinski definition) is 2. The number of likely N-dealkylation sites (tertiary alicyclic amines) is 1. The van der Waals surface area contributed by atoms with E-state index in [1.165, 1.54) is 4.90 Å². The molecular weight excluding hydrogens is 256 g/mol. The summed E-state index contributed by atoms with van der Waals surface area (Å²) in [5.41, 5.74) is 3.28. The highest BCUT2D eigenvalue weighted by Crippen LogP contribution is 2.43. The molecule has 1 aromatic heterocycles. The highest BCUT2D eigenvalue weighted by molar-refractivity contribution is 6.05. The molecular formula is C14H18N4O2. The number of nitrogens with two attached hydrogens (primary N) is 1. The zero-order valence-electron chi connectivity index (χ0n) is 11.4. The second kappa shape index (κ2) is 4.86. The molecule has 1 aromatic rings.